The van der Waals surface area contributed by atoms with Crippen molar-refractivity contribution in [3.63, 3.8) is 0 Å². The summed E-state index contributed by atoms with van der Waals surface area (Å²) >= 11 is 11.8. The van der Waals surface area contributed by atoms with Crippen LogP contribution in [0.1, 0.15) is 36.5 Å². The Morgan fingerprint density at radius 1 is 1.32 bits per heavy atom. The van der Waals surface area contributed by atoms with Crippen molar-refractivity contribution in [2.75, 3.05) is 7.11 Å². The summed E-state index contributed by atoms with van der Waals surface area (Å²) in [5, 5.41) is 16.7. The first-order valence-electron chi connectivity index (χ1n) is 8.95. The van der Waals surface area contributed by atoms with Gasteiger partial charge in [-0.25, -0.2) is 0 Å². The zero-order chi connectivity index (χ0) is 20.3. The standard InChI is InChI=1S/C19H23ClN6OS/c1-12(2)11-25-18(20)16(13(3)24-25)10-21-26-17(22-23-19(26)28)9-14-5-7-15(27-4)8-6-14/h5-8,10,12H,9,11H2,1-4H3,(H,23,28)/b21-10-. The van der Waals surface area contributed by atoms with Crippen molar-refractivity contribution in [2.45, 2.75) is 33.7 Å². The molecule has 0 aliphatic rings. The summed E-state index contributed by atoms with van der Waals surface area (Å²) in [4.78, 5) is 0. The van der Waals surface area contributed by atoms with Crippen LogP contribution in [0, 0.1) is 17.6 Å². The number of aryl methyl sites for hydroxylation is 1. The molecular formula is C19H23ClN6OS. The van der Waals surface area contributed by atoms with Gasteiger partial charge >= 0.3 is 0 Å². The van der Waals surface area contributed by atoms with Gasteiger partial charge < -0.3 is 4.74 Å². The molecule has 0 unspecified atom stereocenters. The lowest BCUT2D eigenvalue weighted by Crippen LogP contribution is -2.06. The Hall–Kier alpha value is -2.45. The minimum absolute atomic E-state index is 0.420. The van der Waals surface area contributed by atoms with Crippen molar-refractivity contribution in [1.82, 2.24) is 24.7 Å². The van der Waals surface area contributed by atoms with Crippen LogP contribution in [0.3, 0.4) is 0 Å². The van der Waals surface area contributed by atoms with E-state index in [9.17, 15) is 0 Å². The maximum absolute atomic E-state index is 6.49. The molecule has 2 aromatic heterocycles. The average molecular weight is 419 g/mol. The summed E-state index contributed by atoms with van der Waals surface area (Å²) in [6.07, 6.45) is 2.26. The molecule has 0 saturated carbocycles. The molecule has 0 amide bonds. The summed E-state index contributed by atoms with van der Waals surface area (Å²) < 4.78 is 9.02. The molecule has 3 rings (SSSR count). The minimum atomic E-state index is 0.420. The van der Waals surface area contributed by atoms with Gasteiger partial charge in [0, 0.05) is 13.0 Å². The van der Waals surface area contributed by atoms with Crippen molar-refractivity contribution >= 4 is 30.0 Å². The van der Waals surface area contributed by atoms with Gasteiger partial charge in [-0.2, -0.15) is 20.0 Å². The van der Waals surface area contributed by atoms with E-state index in [-0.39, 0.29) is 0 Å². The molecule has 9 heteroatoms. The number of hydrogen-bond acceptors (Lipinski definition) is 5. The monoisotopic (exact) mass is 418 g/mol. The van der Waals surface area contributed by atoms with Gasteiger partial charge in [-0.3, -0.25) is 9.78 Å². The molecule has 148 valence electrons. The van der Waals surface area contributed by atoms with Gasteiger partial charge in [0.25, 0.3) is 0 Å². The lowest BCUT2D eigenvalue weighted by Gasteiger charge is -2.05. The first-order chi connectivity index (χ1) is 13.4. The number of H-pyrrole nitrogens is 1. The second-order valence-electron chi connectivity index (χ2n) is 6.89. The predicted molar refractivity (Wildman–Crippen MR) is 113 cm³/mol. The summed E-state index contributed by atoms with van der Waals surface area (Å²) in [6.45, 7) is 6.91. The highest BCUT2D eigenvalue weighted by Gasteiger charge is 2.13. The van der Waals surface area contributed by atoms with Gasteiger partial charge in [0.15, 0.2) is 5.82 Å². The van der Waals surface area contributed by atoms with Crippen molar-refractivity contribution in [1.29, 1.82) is 0 Å². The fourth-order valence-electron chi connectivity index (χ4n) is 2.78. The molecule has 28 heavy (non-hydrogen) atoms. The summed E-state index contributed by atoms with van der Waals surface area (Å²) in [5.41, 5.74) is 2.67. The van der Waals surface area contributed by atoms with Crippen molar-refractivity contribution in [3.8, 4) is 5.75 Å². The Balaban J connectivity index is 1.86. The van der Waals surface area contributed by atoms with E-state index in [1.54, 1.807) is 22.7 Å². The van der Waals surface area contributed by atoms with E-state index in [4.69, 9.17) is 28.6 Å². The summed E-state index contributed by atoms with van der Waals surface area (Å²) in [7, 11) is 1.64. The van der Waals surface area contributed by atoms with Crippen LogP contribution in [0.25, 0.3) is 0 Å². The number of aromatic nitrogens is 5. The number of halogens is 1. The van der Waals surface area contributed by atoms with Crippen LogP contribution in [0.15, 0.2) is 29.4 Å². The number of nitrogens with zero attached hydrogens (tertiary/aromatic N) is 5. The van der Waals surface area contributed by atoms with Crippen LogP contribution < -0.4 is 4.74 Å². The van der Waals surface area contributed by atoms with Crippen LogP contribution in [-0.4, -0.2) is 38.0 Å². The van der Waals surface area contributed by atoms with E-state index in [2.05, 4.69) is 34.2 Å². The molecule has 0 atom stereocenters. The van der Waals surface area contributed by atoms with Gasteiger partial charge in [-0.1, -0.05) is 37.6 Å². The number of nitrogens with one attached hydrogen (secondary N) is 1. The molecular weight excluding hydrogens is 396 g/mol. The lowest BCUT2D eigenvalue weighted by atomic mass is 10.1. The van der Waals surface area contributed by atoms with E-state index in [0.29, 0.717) is 28.1 Å². The zero-order valence-corrected chi connectivity index (χ0v) is 17.9. The second-order valence-corrected chi connectivity index (χ2v) is 7.64. The van der Waals surface area contributed by atoms with Gasteiger partial charge in [0.2, 0.25) is 4.77 Å². The Labute approximate surface area is 174 Å². The topological polar surface area (TPSA) is 73.0 Å². The highest BCUT2D eigenvalue weighted by molar-refractivity contribution is 7.71. The van der Waals surface area contributed by atoms with Crippen LogP contribution in [0.2, 0.25) is 5.15 Å². The number of methoxy groups -OCH3 is 1. The molecule has 0 radical (unpaired) electrons. The maximum atomic E-state index is 6.49. The van der Waals surface area contributed by atoms with E-state index in [1.807, 2.05) is 31.2 Å². The SMILES string of the molecule is COc1ccc(Cc2n[nH]c(=S)n2/N=C\c2c(C)nn(CC(C)C)c2Cl)cc1. The fraction of sp³-hybridized carbons (Fsp3) is 0.368. The molecule has 0 spiro atoms. The minimum Gasteiger partial charge on any atom is -0.497 e. The molecule has 7 nitrogen and oxygen atoms in total. The molecule has 1 N–H and O–H groups in total. The molecule has 2 heterocycles. The zero-order valence-electron chi connectivity index (χ0n) is 16.3. The van der Waals surface area contributed by atoms with Gasteiger partial charge in [0.1, 0.15) is 10.9 Å². The molecule has 1 aromatic carbocycles. The van der Waals surface area contributed by atoms with Gasteiger partial charge in [-0.05, 0) is 42.8 Å². The second kappa shape index (κ2) is 8.70. The highest BCUT2D eigenvalue weighted by atomic mass is 35.5. The van der Waals surface area contributed by atoms with Crippen molar-refractivity contribution in [3.05, 3.63) is 56.8 Å². The Morgan fingerprint density at radius 2 is 2.04 bits per heavy atom. The van der Waals surface area contributed by atoms with Crippen molar-refractivity contribution < 1.29 is 4.74 Å². The average Bonchev–Trinajstić information content (AvgIpc) is 3.13. The van der Waals surface area contributed by atoms with Crippen LogP contribution >= 0.6 is 23.8 Å². The predicted octanol–water partition coefficient (Wildman–Crippen LogP) is 4.24. The Morgan fingerprint density at radius 3 is 2.68 bits per heavy atom. The number of aromatic amines is 1. The first kappa shape index (κ1) is 20.3. The molecule has 0 fully saturated rings. The third-order valence-electron chi connectivity index (χ3n) is 4.19. The van der Waals surface area contributed by atoms with Crippen LogP contribution in [0.4, 0.5) is 0 Å². The Bertz CT molecular complexity index is 1030. The van der Waals surface area contributed by atoms with E-state index < -0.39 is 0 Å². The lowest BCUT2D eigenvalue weighted by molar-refractivity contribution is 0.414. The fourth-order valence-corrected chi connectivity index (χ4v) is 3.27. The van der Waals surface area contributed by atoms with E-state index in [1.165, 1.54) is 0 Å². The molecule has 0 bridgehead atoms. The summed E-state index contributed by atoms with van der Waals surface area (Å²) in [5.74, 6) is 1.96. The first-order valence-corrected chi connectivity index (χ1v) is 9.74. The molecule has 0 aliphatic carbocycles. The van der Waals surface area contributed by atoms with Gasteiger partial charge in [-0.15, -0.1) is 0 Å². The molecule has 0 aliphatic heterocycles. The number of ether oxygens (including phenoxy) is 1. The van der Waals surface area contributed by atoms with Crippen LogP contribution in [-0.2, 0) is 13.0 Å². The van der Waals surface area contributed by atoms with E-state index >= 15 is 0 Å². The Kier molecular flexibility index (Phi) is 6.31. The van der Waals surface area contributed by atoms with Crippen molar-refractivity contribution in [2.24, 2.45) is 11.0 Å². The highest BCUT2D eigenvalue weighted by Crippen LogP contribution is 2.19. The largest absolute Gasteiger partial charge is 0.497 e. The quantitative estimate of drug-likeness (QED) is 0.460. The van der Waals surface area contributed by atoms with E-state index in [0.717, 1.165) is 29.1 Å². The number of rotatable bonds is 7. The third kappa shape index (κ3) is 4.51. The normalized spacial score (nSPS) is 11.6. The third-order valence-corrected chi connectivity index (χ3v) is 4.85. The summed E-state index contributed by atoms with van der Waals surface area (Å²) in [6, 6.07) is 7.80. The molecule has 3 aromatic rings. The number of hydrogen-bond donors (Lipinski definition) is 1. The van der Waals surface area contributed by atoms with Gasteiger partial charge in [0.05, 0.1) is 24.6 Å². The molecule has 0 saturated heterocycles. The smallest absolute Gasteiger partial charge is 0.216 e. The van der Waals surface area contributed by atoms with Crippen LogP contribution in [0.5, 0.6) is 5.75 Å². The number of benzene rings is 1. The maximum Gasteiger partial charge on any atom is 0.216 e.